The molecular formula is C18H24N2O4. The van der Waals surface area contributed by atoms with Gasteiger partial charge in [-0.3, -0.25) is 14.5 Å². The Labute approximate surface area is 142 Å². The molecule has 0 spiro atoms. The van der Waals surface area contributed by atoms with Crippen molar-refractivity contribution in [3.63, 3.8) is 0 Å². The third-order valence-corrected chi connectivity index (χ3v) is 4.97. The summed E-state index contributed by atoms with van der Waals surface area (Å²) in [5, 5.41) is 9.28. The quantitative estimate of drug-likeness (QED) is 0.829. The predicted octanol–water partition coefficient (Wildman–Crippen LogP) is 1.56. The molecule has 0 aliphatic carbocycles. The molecule has 6 nitrogen and oxygen atoms in total. The number of methoxy groups -OCH3 is 1. The second-order valence-corrected chi connectivity index (χ2v) is 6.39. The highest BCUT2D eigenvalue weighted by atomic mass is 16.5. The maximum Gasteiger partial charge on any atom is 0.251 e. The van der Waals surface area contributed by atoms with Gasteiger partial charge >= 0.3 is 0 Å². The van der Waals surface area contributed by atoms with Gasteiger partial charge in [-0.1, -0.05) is 12.5 Å². The van der Waals surface area contributed by atoms with E-state index in [1.54, 1.807) is 31.4 Å². The Morgan fingerprint density at radius 3 is 2.88 bits per heavy atom. The number of piperidine rings is 1. The molecule has 0 saturated carbocycles. The minimum absolute atomic E-state index is 0.107. The van der Waals surface area contributed by atoms with E-state index in [0.29, 0.717) is 17.9 Å². The number of anilines is 1. The summed E-state index contributed by atoms with van der Waals surface area (Å²) >= 11 is 0. The van der Waals surface area contributed by atoms with Crippen LogP contribution in [0.1, 0.15) is 32.1 Å². The van der Waals surface area contributed by atoms with E-state index in [1.807, 2.05) is 0 Å². The number of benzene rings is 1. The lowest BCUT2D eigenvalue weighted by molar-refractivity contribution is -0.123. The van der Waals surface area contributed by atoms with Crippen LogP contribution in [-0.2, 0) is 9.59 Å². The fraction of sp³-hybridized carbons (Fsp3) is 0.556. The van der Waals surface area contributed by atoms with Crippen molar-refractivity contribution in [1.29, 1.82) is 0 Å². The molecule has 2 saturated heterocycles. The molecule has 2 aliphatic heterocycles. The summed E-state index contributed by atoms with van der Waals surface area (Å²) in [6.07, 6.45) is 3.96. The highest BCUT2D eigenvalue weighted by molar-refractivity contribution is 6.22. The van der Waals surface area contributed by atoms with Gasteiger partial charge in [-0.25, -0.2) is 4.90 Å². The van der Waals surface area contributed by atoms with Crippen molar-refractivity contribution < 1.29 is 19.4 Å². The fourth-order valence-electron chi connectivity index (χ4n) is 3.79. The smallest absolute Gasteiger partial charge is 0.251 e. The lowest BCUT2D eigenvalue weighted by Crippen LogP contribution is -2.50. The van der Waals surface area contributed by atoms with Crippen LogP contribution in [0.25, 0.3) is 0 Å². The molecule has 2 aliphatic rings. The van der Waals surface area contributed by atoms with Crippen molar-refractivity contribution in [2.45, 2.75) is 44.2 Å². The SMILES string of the molecule is COc1cccc(N2C(=O)C[C@@H](N3CCCC[C@@H]3CCO)C2=O)c1. The molecule has 1 N–H and O–H groups in total. The molecule has 2 amide bonds. The number of likely N-dealkylation sites (tertiary alicyclic amines) is 1. The summed E-state index contributed by atoms with van der Waals surface area (Å²) in [5.41, 5.74) is 0.558. The van der Waals surface area contributed by atoms with Crippen LogP contribution in [0.5, 0.6) is 5.75 Å². The minimum atomic E-state index is -0.416. The minimum Gasteiger partial charge on any atom is -0.497 e. The Kier molecular flexibility index (Phi) is 5.16. The Morgan fingerprint density at radius 1 is 1.29 bits per heavy atom. The molecule has 0 bridgehead atoms. The molecular weight excluding hydrogens is 308 g/mol. The van der Waals surface area contributed by atoms with Crippen molar-refractivity contribution in [2.75, 3.05) is 25.2 Å². The van der Waals surface area contributed by atoms with Crippen molar-refractivity contribution in [2.24, 2.45) is 0 Å². The van der Waals surface area contributed by atoms with Gasteiger partial charge in [0, 0.05) is 18.7 Å². The molecule has 1 aromatic carbocycles. The fourth-order valence-corrected chi connectivity index (χ4v) is 3.79. The van der Waals surface area contributed by atoms with E-state index in [-0.39, 0.29) is 30.9 Å². The van der Waals surface area contributed by atoms with E-state index < -0.39 is 6.04 Å². The highest BCUT2D eigenvalue weighted by Crippen LogP contribution is 2.31. The van der Waals surface area contributed by atoms with Crippen LogP contribution in [0.2, 0.25) is 0 Å². The zero-order valence-corrected chi connectivity index (χ0v) is 14.0. The Bertz CT molecular complexity index is 617. The number of aliphatic hydroxyl groups excluding tert-OH is 1. The van der Waals surface area contributed by atoms with Crippen LogP contribution in [0.4, 0.5) is 5.69 Å². The topological polar surface area (TPSA) is 70.1 Å². The lowest BCUT2D eigenvalue weighted by atomic mass is 9.97. The third-order valence-electron chi connectivity index (χ3n) is 4.97. The zero-order chi connectivity index (χ0) is 17.1. The van der Waals surface area contributed by atoms with Crippen LogP contribution >= 0.6 is 0 Å². The van der Waals surface area contributed by atoms with Crippen molar-refractivity contribution in [3.8, 4) is 5.75 Å². The average Bonchev–Trinajstić information content (AvgIpc) is 2.90. The van der Waals surface area contributed by atoms with E-state index in [2.05, 4.69) is 4.90 Å². The average molecular weight is 332 g/mol. The normalized spacial score (nSPS) is 25.3. The van der Waals surface area contributed by atoms with Gasteiger partial charge in [0.2, 0.25) is 5.91 Å². The molecule has 24 heavy (non-hydrogen) atoms. The van der Waals surface area contributed by atoms with E-state index in [4.69, 9.17) is 4.74 Å². The summed E-state index contributed by atoms with van der Waals surface area (Å²) in [4.78, 5) is 28.8. The molecule has 0 aromatic heterocycles. The lowest BCUT2D eigenvalue weighted by Gasteiger charge is -2.38. The number of rotatable bonds is 5. The molecule has 1 aromatic rings. The molecule has 130 valence electrons. The largest absolute Gasteiger partial charge is 0.497 e. The number of hydrogen-bond donors (Lipinski definition) is 1. The predicted molar refractivity (Wildman–Crippen MR) is 89.9 cm³/mol. The van der Waals surface area contributed by atoms with Crippen LogP contribution < -0.4 is 9.64 Å². The van der Waals surface area contributed by atoms with Gasteiger partial charge in [0.25, 0.3) is 5.91 Å². The van der Waals surface area contributed by atoms with Crippen LogP contribution in [-0.4, -0.2) is 54.2 Å². The van der Waals surface area contributed by atoms with Gasteiger partial charge in [-0.2, -0.15) is 0 Å². The Morgan fingerprint density at radius 2 is 2.12 bits per heavy atom. The summed E-state index contributed by atoms with van der Waals surface area (Å²) in [6, 6.07) is 6.78. The molecule has 0 unspecified atom stereocenters. The molecule has 2 atom stereocenters. The Balaban J connectivity index is 1.82. The van der Waals surface area contributed by atoms with E-state index in [9.17, 15) is 14.7 Å². The van der Waals surface area contributed by atoms with Crippen molar-refractivity contribution in [1.82, 2.24) is 4.90 Å². The number of ether oxygens (including phenoxy) is 1. The van der Waals surface area contributed by atoms with Gasteiger partial charge in [0.15, 0.2) is 0 Å². The second kappa shape index (κ2) is 7.32. The Hall–Kier alpha value is -1.92. The molecule has 3 rings (SSSR count). The maximum atomic E-state index is 12.9. The molecule has 2 fully saturated rings. The number of nitrogens with zero attached hydrogens (tertiary/aromatic N) is 2. The third kappa shape index (κ3) is 3.16. The van der Waals surface area contributed by atoms with E-state index in [1.165, 1.54) is 4.90 Å². The van der Waals surface area contributed by atoms with E-state index >= 15 is 0 Å². The highest BCUT2D eigenvalue weighted by Gasteiger charge is 2.44. The zero-order valence-electron chi connectivity index (χ0n) is 14.0. The van der Waals surface area contributed by atoms with E-state index in [0.717, 1.165) is 25.8 Å². The van der Waals surface area contributed by atoms with Crippen molar-refractivity contribution in [3.05, 3.63) is 24.3 Å². The summed E-state index contributed by atoms with van der Waals surface area (Å²) in [5.74, 6) is 0.275. The summed E-state index contributed by atoms with van der Waals surface area (Å²) in [7, 11) is 1.56. The van der Waals surface area contributed by atoms with Crippen LogP contribution in [0, 0.1) is 0 Å². The standard InChI is InChI=1S/C18H24N2O4/c1-24-15-7-4-6-14(11-15)20-17(22)12-16(18(20)23)19-9-3-2-5-13(19)8-10-21/h4,6-7,11,13,16,21H,2-3,5,8-10,12H2,1H3/t13-,16-/m1/s1. The number of carbonyl (C=O) groups is 2. The van der Waals surface area contributed by atoms with Gasteiger partial charge in [0.05, 0.1) is 25.3 Å². The number of carbonyl (C=O) groups excluding carboxylic acids is 2. The first-order valence-corrected chi connectivity index (χ1v) is 8.53. The number of imide groups is 1. The summed E-state index contributed by atoms with van der Waals surface area (Å²) in [6.45, 7) is 0.913. The first kappa shape index (κ1) is 16.9. The number of hydrogen-bond acceptors (Lipinski definition) is 5. The van der Waals surface area contributed by atoms with Crippen LogP contribution in [0.15, 0.2) is 24.3 Å². The first-order chi connectivity index (χ1) is 11.7. The summed E-state index contributed by atoms with van der Waals surface area (Å²) < 4.78 is 5.19. The maximum absolute atomic E-state index is 12.9. The van der Waals surface area contributed by atoms with Gasteiger partial charge in [0.1, 0.15) is 5.75 Å². The first-order valence-electron chi connectivity index (χ1n) is 8.53. The monoisotopic (exact) mass is 332 g/mol. The van der Waals surface area contributed by atoms with Crippen molar-refractivity contribution >= 4 is 17.5 Å². The second-order valence-electron chi connectivity index (χ2n) is 6.39. The van der Waals surface area contributed by atoms with Gasteiger partial charge < -0.3 is 9.84 Å². The number of aliphatic hydroxyl groups is 1. The number of amides is 2. The molecule has 2 heterocycles. The molecule has 6 heteroatoms. The van der Waals surface area contributed by atoms with Gasteiger partial charge in [-0.05, 0) is 37.9 Å². The van der Waals surface area contributed by atoms with Crippen LogP contribution in [0.3, 0.4) is 0 Å². The van der Waals surface area contributed by atoms with Gasteiger partial charge in [-0.15, -0.1) is 0 Å². The molecule has 0 radical (unpaired) electrons.